The highest BCUT2D eigenvalue weighted by Gasteiger charge is 2.41. The van der Waals surface area contributed by atoms with Gasteiger partial charge in [0.1, 0.15) is 11.6 Å². The summed E-state index contributed by atoms with van der Waals surface area (Å²) in [6, 6.07) is 0. The van der Waals surface area contributed by atoms with E-state index >= 15 is 0 Å². The zero-order valence-corrected chi connectivity index (χ0v) is 11.6. The lowest BCUT2D eigenvalue weighted by Crippen LogP contribution is -2.41. The fraction of sp³-hybridized carbons (Fsp3) is 0.750. The highest BCUT2D eigenvalue weighted by atomic mass is 32.1. The number of hydrogen-bond acceptors (Lipinski definition) is 4. The predicted octanol–water partition coefficient (Wildman–Crippen LogP) is 2.94. The summed E-state index contributed by atoms with van der Waals surface area (Å²) in [5.41, 5.74) is 6.51. The maximum atomic E-state index is 12.7. The number of rotatable bonds is 7. The van der Waals surface area contributed by atoms with Gasteiger partial charge in [-0.25, -0.2) is 13.8 Å². The molecule has 2 rings (SSSR count). The Labute approximate surface area is 118 Å². The second kappa shape index (κ2) is 5.95. The van der Waals surface area contributed by atoms with E-state index in [1.54, 1.807) is 0 Å². The van der Waals surface area contributed by atoms with Gasteiger partial charge in [0, 0.05) is 17.3 Å². The summed E-state index contributed by atoms with van der Waals surface area (Å²) in [7, 11) is 0. The molecule has 0 aliphatic heterocycles. The third kappa shape index (κ3) is 3.12. The highest BCUT2D eigenvalue weighted by molar-refractivity contribution is 7.09. The number of hydrogen-bond donors (Lipinski definition) is 1. The van der Waals surface area contributed by atoms with Gasteiger partial charge in [0.2, 0.25) is 0 Å². The molecule has 0 bridgehead atoms. The van der Waals surface area contributed by atoms with E-state index in [1.165, 1.54) is 11.3 Å². The number of halogens is 4. The van der Waals surface area contributed by atoms with E-state index in [2.05, 4.69) is 9.72 Å². The van der Waals surface area contributed by atoms with Crippen molar-refractivity contribution < 1.29 is 22.3 Å². The summed E-state index contributed by atoms with van der Waals surface area (Å²) < 4.78 is 53.8. The Morgan fingerprint density at radius 1 is 1.45 bits per heavy atom. The largest absolute Gasteiger partial charge is 0.368 e. The molecule has 114 valence electrons. The van der Waals surface area contributed by atoms with Crippen LogP contribution in [0.15, 0.2) is 5.38 Å². The van der Waals surface area contributed by atoms with E-state index in [1.807, 2.05) is 5.38 Å². The van der Waals surface area contributed by atoms with Gasteiger partial charge >= 0.3 is 12.3 Å². The minimum atomic E-state index is -4.12. The smallest absolute Gasteiger partial charge is 0.330 e. The Kier molecular flexibility index (Phi) is 4.66. The first-order valence-electron chi connectivity index (χ1n) is 6.28. The molecule has 0 aromatic carbocycles. The normalized spacial score (nSPS) is 18.3. The molecule has 0 spiro atoms. The Hall–Kier alpha value is -0.730. The number of alkyl halides is 4. The fourth-order valence-corrected chi connectivity index (χ4v) is 2.98. The van der Waals surface area contributed by atoms with Crippen LogP contribution in [0, 0.1) is 0 Å². The van der Waals surface area contributed by atoms with Crippen molar-refractivity contribution in [2.24, 2.45) is 5.73 Å². The molecule has 0 saturated heterocycles. The quantitative estimate of drug-likeness (QED) is 0.788. The first-order valence-corrected chi connectivity index (χ1v) is 7.16. The van der Waals surface area contributed by atoms with Crippen LogP contribution in [0.1, 0.15) is 30.0 Å². The molecule has 1 saturated carbocycles. The predicted molar refractivity (Wildman–Crippen MR) is 67.3 cm³/mol. The first-order chi connectivity index (χ1) is 9.39. The molecule has 0 radical (unpaired) electrons. The van der Waals surface area contributed by atoms with Crippen molar-refractivity contribution in [1.82, 2.24) is 4.98 Å². The van der Waals surface area contributed by atoms with E-state index in [9.17, 15) is 17.6 Å². The molecule has 1 aliphatic rings. The second-order valence-corrected chi connectivity index (χ2v) is 5.96. The van der Waals surface area contributed by atoms with Gasteiger partial charge in [0.05, 0.1) is 12.3 Å². The van der Waals surface area contributed by atoms with Crippen molar-refractivity contribution in [3.8, 4) is 0 Å². The molecular formula is C12H16F4N2OS. The van der Waals surface area contributed by atoms with Crippen molar-refractivity contribution in [2.45, 2.75) is 43.6 Å². The van der Waals surface area contributed by atoms with Crippen LogP contribution in [-0.4, -0.2) is 30.5 Å². The van der Waals surface area contributed by atoms with Crippen LogP contribution >= 0.6 is 11.3 Å². The van der Waals surface area contributed by atoms with Gasteiger partial charge in [0.15, 0.2) is 0 Å². The summed E-state index contributed by atoms with van der Waals surface area (Å²) in [6.07, 6.45) is -0.681. The summed E-state index contributed by atoms with van der Waals surface area (Å²) in [4.78, 5) is 4.32. The average molecular weight is 312 g/mol. The lowest BCUT2D eigenvalue weighted by atomic mass is 9.67. The molecule has 3 nitrogen and oxygen atoms in total. The standard InChI is InChI=1S/C12H16F4N2OS/c13-10(14)12(15,16)7-19-4-9-18-8(5-20-9)11(6-17)2-1-3-11/h5,10H,1-4,6-7,17H2. The van der Waals surface area contributed by atoms with Gasteiger partial charge in [-0.3, -0.25) is 0 Å². The van der Waals surface area contributed by atoms with Crippen molar-refractivity contribution in [3.05, 3.63) is 16.1 Å². The SMILES string of the molecule is NCC1(c2csc(COCC(F)(F)C(F)F)n2)CCC1. The Balaban J connectivity index is 1.88. The molecule has 8 heteroatoms. The van der Waals surface area contributed by atoms with E-state index in [-0.39, 0.29) is 12.0 Å². The molecule has 0 atom stereocenters. The van der Waals surface area contributed by atoms with Gasteiger partial charge in [-0.1, -0.05) is 6.42 Å². The van der Waals surface area contributed by atoms with Gasteiger partial charge in [-0.2, -0.15) is 8.78 Å². The summed E-state index contributed by atoms with van der Waals surface area (Å²) in [5, 5.41) is 2.35. The summed E-state index contributed by atoms with van der Waals surface area (Å²) in [6.45, 7) is -0.990. The number of aromatic nitrogens is 1. The van der Waals surface area contributed by atoms with Crippen LogP contribution in [0.2, 0.25) is 0 Å². The van der Waals surface area contributed by atoms with E-state index < -0.39 is 19.0 Å². The van der Waals surface area contributed by atoms with Crippen LogP contribution in [0.3, 0.4) is 0 Å². The zero-order valence-electron chi connectivity index (χ0n) is 10.8. The van der Waals surface area contributed by atoms with Gasteiger partial charge in [-0.05, 0) is 12.8 Å². The number of nitrogens with zero attached hydrogens (tertiary/aromatic N) is 1. The average Bonchev–Trinajstić information content (AvgIpc) is 2.77. The van der Waals surface area contributed by atoms with Crippen LogP contribution in [0.25, 0.3) is 0 Å². The van der Waals surface area contributed by atoms with E-state index in [0.29, 0.717) is 11.6 Å². The second-order valence-electron chi connectivity index (χ2n) is 5.02. The summed E-state index contributed by atoms with van der Waals surface area (Å²) in [5.74, 6) is -4.12. The number of nitrogens with two attached hydrogens (primary N) is 1. The minimum absolute atomic E-state index is 0.0956. The lowest BCUT2D eigenvalue weighted by Gasteiger charge is -2.39. The molecule has 1 aliphatic carbocycles. The minimum Gasteiger partial charge on any atom is -0.368 e. The van der Waals surface area contributed by atoms with Gasteiger partial charge in [-0.15, -0.1) is 11.3 Å². The van der Waals surface area contributed by atoms with E-state index in [4.69, 9.17) is 5.73 Å². The van der Waals surface area contributed by atoms with Gasteiger partial charge < -0.3 is 10.5 Å². The maximum absolute atomic E-state index is 12.7. The third-order valence-corrected chi connectivity index (χ3v) is 4.46. The molecule has 1 heterocycles. The Morgan fingerprint density at radius 2 is 2.15 bits per heavy atom. The monoisotopic (exact) mass is 312 g/mol. The summed E-state index contributed by atoms with van der Waals surface area (Å²) >= 11 is 1.28. The molecule has 1 fully saturated rings. The van der Waals surface area contributed by atoms with Crippen LogP contribution in [0.5, 0.6) is 0 Å². The van der Waals surface area contributed by atoms with Crippen LogP contribution < -0.4 is 5.73 Å². The molecule has 2 N–H and O–H groups in total. The Morgan fingerprint density at radius 3 is 2.65 bits per heavy atom. The van der Waals surface area contributed by atoms with Crippen LogP contribution in [0.4, 0.5) is 17.6 Å². The molecule has 0 unspecified atom stereocenters. The lowest BCUT2D eigenvalue weighted by molar-refractivity contribution is -0.168. The molecule has 1 aromatic rings. The van der Waals surface area contributed by atoms with Crippen molar-refractivity contribution in [3.63, 3.8) is 0 Å². The van der Waals surface area contributed by atoms with Gasteiger partial charge in [0.25, 0.3) is 0 Å². The highest BCUT2D eigenvalue weighted by Crippen LogP contribution is 2.42. The third-order valence-electron chi connectivity index (χ3n) is 3.64. The topological polar surface area (TPSA) is 48.1 Å². The molecular weight excluding hydrogens is 296 g/mol. The zero-order chi connectivity index (χ0) is 14.8. The fourth-order valence-electron chi connectivity index (χ4n) is 2.13. The number of ether oxygens (including phenoxy) is 1. The molecule has 20 heavy (non-hydrogen) atoms. The Bertz CT molecular complexity index is 443. The molecule has 0 amide bonds. The number of thiazole rings is 1. The van der Waals surface area contributed by atoms with Crippen molar-refractivity contribution in [1.29, 1.82) is 0 Å². The van der Waals surface area contributed by atoms with Crippen molar-refractivity contribution >= 4 is 11.3 Å². The van der Waals surface area contributed by atoms with Crippen LogP contribution in [-0.2, 0) is 16.8 Å². The van der Waals surface area contributed by atoms with E-state index in [0.717, 1.165) is 25.0 Å². The molecule has 1 aromatic heterocycles. The maximum Gasteiger partial charge on any atom is 0.330 e. The first kappa shape index (κ1) is 15.7. The van der Waals surface area contributed by atoms with Crippen molar-refractivity contribution in [2.75, 3.05) is 13.2 Å².